The van der Waals surface area contributed by atoms with Crippen LogP contribution >= 0.6 is 0 Å². The van der Waals surface area contributed by atoms with Crippen molar-refractivity contribution in [3.63, 3.8) is 0 Å². The summed E-state index contributed by atoms with van der Waals surface area (Å²) in [5.74, 6) is 0.178. The highest BCUT2D eigenvalue weighted by atomic mass is 16.1. The lowest BCUT2D eigenvalue weighted by atomic mass is 10.0. The molecule has 0 saturated carbocycles. The summed E-state index contributed by atoms with van der Waals surface area (Å²) in [6.07, 6.45) is 7.53. The molecule has 0 aliphatic heterocycles. The van der Waals surface area contributed by atoms with Crippen LogP contribution in [0.2, 0.25) is 0 Å². The second-order valence-electron chi connectivity index (χ2n) is 3.29. The predicted octanol–water partition coefficient (Wildman–Crippen LogP) is 2.93. The summed E-state index contributed by atoms with van der Waals surface area (Å²) < 4.78 is 0. The molecule has 0 spiro atoms. The number of ketones is 1. The average molecular weight is 189 g/mol. The highest BCUT2D eigenvalue weighted by Crippen LogP contribution is 2.10. The van der Waals surface area contributed by atoms with Crippen LogP contribution in [0.5, 0.6) is 0 Å². The summed E-state index contributed by atoms with van der Waals surface area (Å²) in [4.78, 5) is 15.6. The smallest absolute Gasteiger partial charge is 0.164 e. The van der Waals surface area contributed by atoms with Gasteiger partial charge in [-0.25, -0.2) is 0 Å². The monoisotopic (exact) mass is 189 g/mol. The molecule has 0 fully saturated rings. The molecule has 0 aromatic carbocycles. The molecule has 2 heteroatoms. The van der Waals surface area contributed by atoms with Crippen LogP contribution in [0, 0.1) is 6.92 Å². The van der Waals surface area contributed by atoms with Crippen LogP contribution in [-0.4, -0.2) is 10.8 Å². The first-order valence-electron chi connectivity index (χ1n) is 4.80. The molecule has 0 amide bonds. The first kappa shape index (κ1) is 10.6. The molecule has 14 heavy (non-hydrogen) atoms. The lowest BCUT2D eigenvalue weighted by Gasteiger charge is -2.02. The minimum Gasteiger partial charge on any atom is -0.294 e. The molecule has 74 valence electrons. The van der Waals surface area contributed by atoms with Gasteiger partial charge in [-0.05, 0) is 31.4 Å². The largest absolute Gasteiger partial charge is 0.294 e. The van der Waals surface area contributed by atoms with Gasteiger partial charge in [0.25, 0.3) is 0 Å². The second-order valence-corrected chi connectivity index (χ2v) is 3.29. The van der Waals surface area contributed by atoms with Crippen molar-refractivity contribution < 1.29 is 4.79 Å². The van der Waals surface area contributed by atoms with E-state index >= 15 is 0 Å². The van der Waals surface area contributed by atoms with Crippen molar-refractivity contribution in [1.82, 2.24) is 4.98 Å². The van der Waals surface area contributed by atoms with Gasteiger partial charge in [-0.15, -0.1) is 6.58 Å². The minimum absolute atomic E-state index is 0.178. The van der Waals surface area contributed by atoms with Gasteiger partial charge in [-0.3, -0.25) is 9.78 Å². The third-order valence-corrected chi connectivity index (χ3v) is 2.15. The van der Waals surface area contributed by atoms with Crippen LogP contribution in [0.1, 0.15) is 35.2 Å². The first-order chi connectivity index (χ1) is 6.75. The summed E-state index contributed by atoms with van der Waals surface area (Å²) in [5.41, 5.74) is 1.75. The van der Waals surface area contributed by atoms with Gasteiger partial charge in [0.05, 0.1) is 0 Å². The molecule has 0 unspecified atom stereocenters. The number of nitrogens with zero attached hydrogens (tertiary/aromatic N) is 1. The number of hydrogen-bond acceptors (Lipinski definition) is 2. The van der Waals surface area contributed by atoms with Crippen molar-refractivity contribution in [2.45, 2.75) is 26.2 Å². The fourth-order valence-electron chi connectivity index (χ4n) is 1.30. The maximum Gasteiger partial charge on any atom is 0.164 e. The molecule has 0 atom stereocenters. The molecular formula is C12H15NO. The SMILES string of the molecule is C=CCCCC(=O)c1cnccc1C. The van der Waals surface area contributed by atoms with Crippen molar-refractivity contribution in [2.75, 3.05) is 0 Å². The summed E-state index contributed by atoms with van der Waals surface area (Å²) in [7, 11) is 0. The number of allylic oxidation sites excluding steroid dienone is 1. The Morgan fingerprint density at radius 2 is 2.43 bits per heavy atom. The third kappa shape index (κ3) is 2.80. The minimum atomic E-state index is 0.178. The number of aryl methyl sites for hydroxylation is 1. The van der Waals surface area contributed by atoms with E-state index in [0.29, 0.717) is 6.42 Å². The molecule has 0 N–H and O–H groups in total. The van der Waals surface area contributed by atoms with Crippen LogP contribution in [-0.2, 0) is 0 Å². The van der Waals surface area contributed by atoms with Crippen molar-refractivity contribution >= 4 is 5.78 Å². The quantitative estimate of drug-likeness (QED) is 0.405. The van der Waals surface area contributed by atoms with Crippen molar-refractivity contribution in [2.24, 2.45) is 0 Å². The van der Waals surface area contributed by atoms with E-state index in [1.807, 2.05) is 19.1 Å². The maximum absolute atomic E-state index is 11.7. The van der Waals surface area contributed by atoms with Gasteiger partial charge in [0.15, 0.2) is 5.78 Å². The van der Waals surface area contributed by atoms with Gasteiger partial charge in [-0.2, -0.15) is 0 Å². The van der Waals surface area contributed by atoms with E-state index in [0.717, 1.165) is 24.0 Å². The lowest BCUT2D eigenvalue weighted by molar-refractivity contribution is 0.0979. The molecule has 0 aliphatic rings. The summed E-state index contributed by atoms with van der Waals surface area (Å²) in [6.45, 7) is 5.56. The Morgan fingerprint density at radius 3 is 3.07 bits per heavy atom. The van der Waals surface area contributed by atoms with Crippen LogP contribution in [0.15, 0.2) is 31.1 Å². The molecular weight excluding hydrogens is 174 g/mol. The third-order valence-electron chi connectivity index (χ3n) is 2.15. The molecule has 1 rings (SSSR count). The zero-order valence-electron chi connectivity index (χ0n) is 8.49. The Hall–Kier alpha value is -1.44. The standard InChI is InChI=1S/C12H15NO/c1-3-4-5-6-12(14)11-9-13-8-7-10(11)2/h3,7-9H,1,4-6H2,2H3. The van der Waals surface area contributed by atoms with Crippen LogP contribution in [0.4, 0.5) is 0 Å². The van der Waals surface area contributed by atoms with E-state index in [2.05, 4.69) is 11.6 Å². The number of pyridine rings is 1. The lowest BCUT2D eigenvalue weighted by Crippen LogP contribution is -2.01. The average Bonchev–Trinajstić information content (AvgIpc) is 2.18. The van der Waals surface area contributed by atoms with E-state index < -0.39 is 0 Å². The van der Waals surface area contributed by atoms with Gasteiger partial charge in [0, 0.05) is 24.4 Å². The molecule has 1 aromatic rings. The van der Waals surface area contributed by atoms with Crippen molar-refractivity contribution in [3.8, 4) is 0 Å². The Labute approximate surface area is 84.7 Å². The number of aromatic nitrogens is 1. The summed E-state index contributed by atoms with van der Waals surface area (Å²) in [5, 5.41) is 0. The Bertz CT molecular complexity index is 331. The van der Waals surface area contributed by atoms with E-state index in [1.54, 1.807) is 12.4 Å². The van der Waals surface area contributed by atoms with E-state index in [-0.39, 0.29) is 5.78 Å². The molecule has 1 heterocycles. The number of hydrogen-bond donors (Lipinski definition) is 0. The molecule has 0 radical (unpaired) electrons. The number of unbranched alkanes of at least 4 members (excludes halogenated alkanes) is 1. The Balaban J connectivity index is 2.60. The number of carbonyl (C=O) groups excluding carboxylic acids is 1. The van der Waals surface area contributed by atoms with E-state index in [1.165, 1.54) is 0 Å². The summed E-state index contributed by atoms with van der Waals surface area (Å²) in [6, 6.07) is 1.86. The maximum atomic E-state index is 11.7. The number of carbonyl (C=O) groups is 1. The van der Waals surface area contributed by atoms with Crippen LogP contribution < -0.4 is 0 Å². The van der Waals surface area contributed by atoms with Gasteiger partial charge < -0.3 is 0 Å². The highest BCUT2D eigenvalue weighted by Gasteiger charge is 2.07. The van der Waals surface area contributed by atoms with Gasteiger partial charge >= 0.3 is 0 Å². The Morgan fingerprint density at radius 1 is 1.64 bits per heavy atom. The van der Waals surface area contributed by atoms with Crippen molar-refractivity contribution in [1.29, 1.82) is 0 Å². The molecule has 0 saturated heterocycles. The first-order valence-corrected chi connectivity index (χ1v) is 4.80. The fourth-order valence-corrected chi connectivity index (χ4v) is 1.30. The topological polar surface area (TPSA) is 30.0 Å². The number of rotatable bonds is 5. The van der Waals surface area contributed by atoms with Crippen LogP contribution in [0.25, 0.3) is 0 Å². The molecule has 0 aliphatic carbocycles. The molecule has 1 aromatic heterocycles. The van der Waals surface area contributed by atoms with E-state index in [9.17, 15) is 4.79 Å². The zero-order valence-corrected chi connectivity index (χ0v) is 8.49. The fraction of sp³-hybridized carbons (Fsp3) is 0.333. The second kappa shape index (κ2) is 5.32. The normalized spacial score (nSPS) is 9.79. The Kier molecular flexibility index (Phi) is 4.05. The predicted molar refractivity (Wildman–Crippen MR) is 57.4 cm³/mol. The van der Waals surface area contributed by atoms with E-state index in [4.69, 9.17) is 0 Å². The summed E-state index contributed by atoms with van der Waals surface area (Å²) >= 11 is 0. The van der Waals surface area contributed by atoms with Crippen molar-refractivity contribution in [3.05, 3.63) is 42.2 Å². The van der Waals surface area contributed by atoms with Gasteiger partial charge in [-0.1, -0.05) is 6.08 Å². The van der Waals surface area contributed by atoms with Gasteiger partial charge in [0.1, 0.15) is 0 Å². The van der Waals surface area contributed by atoms with Crippen LogP contribution in [0.3, 0.4) is 0 Å². The zero-order chi connectivity index (χ0) is 10.4. The number of Topliss-reactive ketones (excluding diaryl/α,β-unsaturated/α-hetero) is 1. The molecule has 0 bridgehead atoms. The molecule has 2 nitrogen and oxygen atoms in total. The van der Waals surface area contributed by atoms with Gasteiger partial charge in [0.2, 0.25) is 0 Å². The highest BCUT2D eigenvalue weighted by molar-refractivity contribution is 5.97.